The van der Waals surface area contributed by atoms with Crippen LogP contribution in [0.4, 0.5) is 0 Å². The second-order valence-electron chi connectivity index (χ2n) is 7.53. The Morgan fingerprint density at radius 2 is 2.11 bits per heavy atom. The molecule has 1 aromatic heterocycles. The SMILES string of the molecule is Cc1cc(C(=O)N2CC[C@]3(c4ncccn4)OCO[C@@H]3C2)ccc1OC(C)C. The predicted octanol–water partition coefficient (Wildman–Crippen LogP) is 2.69. The van der Waals surface area contributed by atoms with Gasteiger partial charge in [0.15, 0.2) is 11.4 Å². The van der Waals surface area contributed by atoms with E-state index >= 15 is 0 Å². The molecule has 2 aliphatic rings. The average molecular weight is 383 g/mol. The van der Waals surface area contributed by atoms with Crippen molar-refractivity contribution in [1.29, 1.82) is 0 Å². The minimum Gasteiger partial charge on any atom is -0.491 e. The van der Waals surface area contributed by atoms with E-state index in [1.807, 2.05) is 43.9 Å². The molecule has 0 bridgehead atoms. The highest BCUT2D eigenvalue weighted by Crippen LogP contribution is 2.41. The average Bonchev–Trinajstić information content (AvgIpc) is 3.13. The molecule has 2 aliphatic heterocycles. The van der Waals surface area contributed by atoms with E-state index in [1.54, 1.807) is 18.5 Å². The first-order valence-corrected chi connectivity index (χ1v) is 9.59. The van der Waals surface area contributed by atoms with Crippen molar-refractivity contribution in [2.45, 2.75) is 45.0 Å². The summed E-state index contributed by atoms with van der Waals surface area (Å²) in [6.45, 7) is 7.11. The van der Waals surface area contributed by atoms with Crippen molar-refractivity contribution >= 4 is 5.91 Å². The highest BCUT2D eigenvalue weighted by atomic mass is 16.7. The maximum Gasteiger partial charge on any atom is 0.253 e. The Bertz CT molecular complexity index is 858. The van der Waals surface area contributed by atoms with Gasteiger partial charge in [-0.2, -0.15) is 0 Å². The Morgan fingerprint density at radius 1 is 1.32 bits per heavy atom. The van der Waals surface area contributed by atoms with Gasteiger partial charge in [0.1, 0.15) is 18.6 Å². The first-order chi connectivity index (χ1) is 13.5. The lowest BCUT2D eigenvalue weighted by Gasteiger charge is -2.40. The maximum absolute atomic E-state index is 13.1. The highest BCUT2D eigenvalue weighted by Gasteiger charge is 2.53. The van der Waals surface area contributed by atoms with E-state index in [4.69, 9.17) is 14.2 Å². The second-order valence-corrected chi connectivity index (χ2v) is 7.53. The van der Waals surface area contributed by atoms with Crippen LogP contribution in [0.25, 0.3) is 0 Å². The largest absolute Gasteiger partial charge is 0.491 e. The fraction of sp³-hybridized carbons (Fsp3) is 0.476. The zero-order chi connectivity index (χ0) is 19.7. The number of aryl methyl sites for hydroxylation is 1. The van der Waals surface area contributed by atoms with E-state index in [1.165, 1.54) is 0 Å². The number of rotatable bonds is 4. The zero-order valence-corrected chi connectivity index (χ0v) is 16.4. The summed E-state index contributed by atoms with van der Waals surface area (Å²) < 4.78 is 17.5. The molecule has 148 valence electrons. The summed E-state index contributed by atoms with van der Waals surface area (Å²) in [5.41, 5.74) is 0.920. The number of benzene rings is 1. The van der Waals surface area contributed by atoms with Crippen molar-refractivity contribution in [2.75, 3.05) is 19.9 Å². The summed E-state index contributed by atoms with van der Waals surface area (Å²) in [6, 6.07) is 7.35. The molecule has 7 heteroatoms. The van der Waals surface area contributed by atoms with E-state index in [9.17, 15) is 4.79 Å². The molecule has 1 amide bonds. The van der Waals surface area contributed by atoms with Crippen molar-refractivity contribution in [3.05, 3.63) is 53.6 Å². The maximum atomic E-state index is 13.1. The Morgan fingerprint density at radius 3 is 2.82 bits per heavy atom. The summed E-state index contributed by atoms with van der Waals surface area (Å²) in [5.74, 6) is 1.41. The van der Waals surface area contributed by atoms with Crippen LogP contribution in [0.1, 0.15) is 42.0 Å². The zero-order valence-electron chi connectivity index (χ0n) is 16.4. The van der Waals surface area contributed by atoms with Crippen LogP contribution >= 0.6 is 0 Å². The topological polar surface area (TPSA) is 73.8 Å². The van der Waals surface area contributed by atoms with E-state index < -0.39 is 5.60 Å². The first-order valence-electron chi connectivity index (χ1n) is 9.59. The monoisotopic (exact) mass is 383 g/mol. The smallest absolute Gasteiger partial charge is 0.253 e. The summed E-state index contributed by atoms with van der Waals surface area (Å²) in [4.78, 5) is 23.6. The Kier molecular flexibility index (Phi) is 5.03. The lowest BCUT2D eigenvalue weighted by atomic mass is 9.87. The number of hydrogen-bond donors (Lipinski definition) is 0. The number of piperidine rings is 1. The van der Waals surface area contributed by atoms with Gasteiger partial charge in [-0.05, 0) is 50.6 Å². The van der Waals surface area contributed by atoms with E-state index in [2.05, 4.69) is 9.97 Å². The van der Waals surface area contributed by atoms with Gasteiger partial charge in [0.2, 0.25) is 0 Å². The van der Waals surface area contributed by atoms with Gasteiger partial charge >= 0.3 is 0 Å². The second kappa shape index (κ2) is 7.48. The lowest BCUT2D eigenvalue weighted by Crippen LogP contribution is -2.54. The number of aromatic nitrogens is 2. The summed E-state index contributed by atoms with van der Waals surface area (Å²) >= 11 is 0. The van der Waals surface area contributed by atoms with Gasteiger partial charge in [-0.25, -0.2) is 9.97 Å². The van der Waals surface area contributed by atoms with Crippen molar-refractivity contribution in [2.24, 2.45) is 0 Å². The van der Waals surface area contributed by atoms with E-state index in [0.717, 1.165) is 11.3 Å². The predicted molar refractivity (Wildman–Crippen MR) is 102 cm³/mol. The van der Waals surface area contributed by atoms with Crippen LogP contribution in [0.5, 0.6) is 5.75 Å². The van der Waals surface area contributed by atoms with Gasteiger partial charge in [-0.1, -0.05) is 0 Å². The minimum atomic E-state index is -0.678. The Hall–Kier alpha value is -2.51. The fourth-order valence-electron chi connectivity index (χ4n) is 3.85. The van der Waals surface area contributed by atoms with Crippen LogP contribution < -0.4 is 4.74 Å². The van der Waals surface area contributed by atoms with Crippen LogP contribution in [-0.4, -0.2) is 52.9 Å². The summed E-state index contributed by atoms with van der Waals surface area (Å²) in [6.07, 6.45) is 3.82. The number of nitrogens with zero attached hydrogens (tertiary/aromatic N) is 3. The van der Waals surface area contributed by atoms with Gasteiger partial charge < -0.3 is 19.1 Å². The quantitative estimate of drug-likeness (QED) is 0.808. The summed E-state index contributed by atoms with van der Waals surface area (Å²) in [7, 11) is 0. The third kappa shape index (κ3) is 3.36. The molecule has 2 fully saturated rings. The molecule has 3 heterocycles. The molecule has 2 saturated heterocycles. The van der Waals surface area contributed by atoms with Gasteiger partial charge in [-0.3, -0.25) is 4.79 Å². The van der Waals surface area contributed by atoms with Crippen LogP contribution in [0.2, 0.25) is 0 Å². The number of fused-ring (bicyclic) bond motifs is 1. The van der Waals surface area contributed by atoms with Crippen LogP contribution in [-0.2, 0) is 15.1 Å². The molecular formula is C21H25N3O4. The number of carbonyl (C=O) groups excluding carboxylic acids is 1. The molecule has 7 nitrogen and oxygen atoms in total. The highest BCUT2D eigenvalue weighted by molar-refractivity contribution is 5.94. The molecule has 2 aromatic rings. The summed E-state index contributed by atoms with van der Waals surface area (Å²) in [5, 5.41) is 0. The molecule has 2 atom stereocenters. The number of ether oxygens (including phenoxy) is 3. The van der Waals surface area contributed by atoms with Crippen molar-refractivity contribution in [3.8, 4) is 5.75 Å². The molecule has 0 N–H and O–H groups in total. The van der Waals surface area contributed by atoms with E-state index in [-0.39, 0.29) is 24.9 Å². The Labute approximate surface area is 164 Å². The molecule has 4 rings (SSSR count). The van der Waals surface area contributed by atoms with Crippen molar-refractivity contribution in [3.63, 3.8) is 0 Å². The third-order valence-corrected chi connectivity index (χ3v) is 5.26. The fourth-order valence-corrected chi connectivity index (χ4v) is 3.85. The Balaban J connectivity index is 1.51. The van der Waals surface area contributed by atoms with Gasteiger partial charge in [0.05, 0.1) is 12.6 Å². The van der Waals surface area contributed by atoms with Crippen molar-refractivity contribution in [1.82, 2.24) is 14.9 Å². The molecule has 0 unspecified atom stereocenters. The van der Waals surface area contributed by atoms with Gasteiger partial charge in [0, 0.05) is 30.9 Å². The van der Waals surface area contributed by atoms with E-state index in [0.29, 0.717) is 30.9 Å². The molecule has 0 saturated carbocycles. The standard InChI is InChI=1S/C21H25N3O4/c1-14(2)28-17-6-5-16(11-15(17)3)19(25)24-10-7-21(18(12-24)26-13-27-21)20-22-8-4-9-23-20/h4-6,8-9,11,14,18H,7,10,12-13H2,1-3H3/t18-,21+/m1/s1. The van der Waals surface area contributed by atoms with Gasteiger partial charge in [0.25, 0.3) is 5.91 Å². The first kappa shape index (κ1) is 18.8. The van der Waals surface area contributed by atoms with Gasteiger partial charge in [-0.15, -0.1) is 0 Å². The lowest BCUT2D eigenvalue weighted by molar-refractivity contribution is -0.0503. The molecule has 0 radical (unpaired) electrons. The molecule has 0 aliphatic carbocycles. The number of amides is 1. The van der Waals surface area contributed by atoms with Crippen LogP contribution in [0, 0.1) is 6.92 Å². The normalized spacial score (nSPS) is 24.3. The number of carbonyl (C=O) groups is 1. The molecule has 0 spiro atoms. The molecule has 28 heavy (non-hydrogen) atoms. The van der Waals surface area contributed by atoms with Crippen molar-refractivity contribution < 1.29 is 19.0 Å². The number of hydrogen-bond acceptors (Lipinski definition) is 6. The molecular weight excluding hydrogens is 358 g/mol. The van der Waals surface area contributed by atoms with Crippen LogP contribution in [0.15, 0.2) is 36.7 Å². The third-order valence-electron chi connectivity index (χ3n) is 5.26. The number of likely N-dealkylation sites (tertiary alicyclic amines) is 1. The molecule has 1 aromatic carbocycles. The van der Waals surface area contributed by atoms with Crippen LogP contribution in [0.3, 0.4) is 0 Å². The minimum absolute atomic E-state index is 0.0164.